The maximum absolute atomic E-state index is 11.7. The van der Waals surface area contributed by atoms with Crippen molar-refractivity contribution < 1.29 is 0 Å². The van der Waals surface area contributed by atoms with Gasteiger partial charge in [-0.1, -0.05) is 0 Å². The molecule has 0 unspecified atom stereocenters. The van der Waals surface area contributed by atoms with Gasteiger partial charge in [-0.25, -0.2) is 14.6 Å². The Labute approximate surface area is 136 Å². The van der Waals surface area contributed by atoms with E-state index >= 15 is 0 Å². The lowest BCUT2D eigenvalue weighted by Crippen LogP contribution is -2.47. The van der Waals surface area contributed by atoms with E-state index in [1.54, 1.807) is 37.0 Å². The van der Waals surface area contributed by atoms with Crippen LogP contribution in [0.25, 0.3) is 10.2 Å². The molecule has 0 bridgehead atoms. The van der Waals surface area contributed by atoms with E-state index < -0.39 is 0 Å². The number of hydrogen-bond acceptors (Lipinski definition) is 7. The normalized spacial score (nSPS) is 15.3. The van der Waals surface area contributed by atoms with Crippen molar-refractivity contribution in [3.05, 3.63) is 40.4 Å². The molecule has 1 aliphatic heterocycles. The summed E-state index contributed by atoms with van der Waals surface area (Å²) in [5, 5.41) is 6.14. The largest absolute Gasteiger partial charge is 0.367 e. The van der Waals surface area contributed by atoms with Crippen LogP contribution in [-0.2, 0) is 7.05 Å². The third kappa shape index (κ3) is 2.55. The minimum absolute atomic E-state index is 0.0824. The number of anilines is 2. The molecule has 1 fully saturated rings. The van der Waals surface area contributed by atoms with Crippen molar-refractivity contribution in [2.45, 2.75) is 0 Å². The second-order valence-corrected chi connectivity index (χ2v) is 6.40. The van der Waals surface area contributed by atoms with E-state index in [4.69, 9.17) is 0 Å². The monoisotopic (exact) mass is 328 g/mol. The summed E-state index contributed by atoms with van der Waals surface area (Å²) >= 11 is 1.67. The Morgan fingerprint density at radius 3 is 2.70 bits per heavy atom. The lowest BCUT2D eigenvalue weighted by molar-refractivity contribution is 0.639. The van der Waals surface area contributed by atoms with Crippen LogP contribution in [0.3, 0.4) is 0 Å². The molecule has 0 radical (unpaired) electrons. The van der Waals surface area contributed by atoms with Gasteiger partial charge in [0.2, 0.25) is 0 Å². The van der Waals surface area contributed by atoms with Crippen LogP contribution in [-0.4, -0.2) is 45.9 Å². The summed E-state index contributed by atoms with van der Waals surface area (Å²) in [5.74, 6) is 1.01. The van der Waals surface area contributed by atoms with Crippen LogP contribution < -0.4 is 15.4 Å². The predicted molar refractivity (Wildman–Crippen MR) is 91.3 cm³/mol. The average Bonchev–Trinajstić information content (AvgIpc) is 3.06. The molecular formula is C15H16N6OS. The van der Waals surface area contributed by atoms with Crippen LogP contribution in [0.15, 0.2) is 34.8 Å². The van der Waals surface area contributed by atoms with Gasteiger partial charge in [-0.3, -0.25) is 4.79 Å². The number of piperazine rings is 1. The molecule has 0 amide bonds. The van der Waals surface area contributed by atoms with Gasteiger partial charge in [0.1, 0.15) is 12.1 Å². The lowest BCUT2D eigenvalue weighted by Gasteiger charge is -2.36. The molecule has 0 saturated carbocycles. The van der Waals surface area contributed by atoms with E-state index in [1.807, 2.05) is 11.4 Å². The standard InChI is InChI=1S/C15H16N6OS/c1-19-13(22)8-11(9-18-19)20-3-5-21(6-4-20)15-14-12(2-7-23-14)16-10-17-15/h2,7-10H,3-6H2,1H3. The van der Waals surface area contributed by atoms with Gasteiger partial charge in [0.15, 0.2) is 0 Å². The highest BCUT2D eigenvalue weighted by Crippen LogP contribution is 2.28. The summed E-state index contributed by atoms with van der Waals surface area (Å²) in [4.78, 5) is 25.0. The van der Waals surface area contributed by atoms with Crippen LogP contribution in [0.2, 0.25) is 0 Å². The molecule has 8 heteroatoms. The lowest BCUT2D eigenvalue weighted by atomic mass is 10.2. The van der Waals surface area contributed by atoms with Crippen molar-refractivity contribution in [2.75, 3.05) is 36.0 Å². The number of hydrogen-bond donors (Lipinski definition) is 0. The highest BCUT2D eigenvalue weighted by molar-refractivity contribution is 7.17. The van der Waals surface area contributed by atoms with Crippen LogP contribution >= 0.6 is 11.3 Å². The van der Waals surface area contributed by atoms with Crippen molar-refractivity contribution >= 4 is 33.1 Å². The van der Waals surface area contributed by atoms with Gasteiger partial charge in [0.05, 0.1) is 22.1 Å². The zero-order valence-electron chi connectivity index (χ0n) is 12.7. The Bertz CT molecular complexity index is 896. The van der Waals surface area contributed by atoms with Gasteiger partial charge in [0, 0.05) is 39.3 Å². The fourth-order valence-electron chi connectivity index (χ4n) is 2.81. The fraction of sp³-hybridized carbons (Fsp3) is 0.333. The first-order valence-corrected chi connectivity index (χ1v) is 8.32. The summed E-state index contributed by atoms with van der Waals surface area (Å²) in [7, 11) is 1.66. The molecule has 3 aromatic heterocycles. The molecule has 23 heavy (non-hydrogen) atoms. The Kier molecular flexibility index (Phi) is 3.45. The molecule has 7 nitrogen and oxygen atoms in total. The number of fused-ring (bicyclic) bond motifs is 1. The van der Waals surface area contributed by atoms with E-state index in [1.165, 1.54) is 4.68 Å². The predicted octanol–water partition coefficient (Wildman–Crippen LogP) is 1.11. The Morgan fingerprint density at radius 1 is 1.13 bits per heavy atom. The first-order chi connectivity index (χ1) is 11.2. The number of aromatic nitrogens is 4. The molecule has 0 atom stereocenters. The van der Waals surface area contributed by atoms with Crippen molar-refractivity contribution in [3.8, 4) is 0 Å². The fourth-order valence-corrected chi connectivity index (χ4v) is 3.67. The summed E-state index contributed by atoms with van der Waals surface area (Å²) in [6.07, 6.45) is 3.38. The number of nitrogens with zero attached hydrogens (tertiary/aromatic N) is 6. The van der Waals surface area contributed by atoms with Gasteiger partial charge < -0.3 is 9.80 Å². The van der Waals surface area contributed by atoms with Crippen LogP contribution in [0.4, 0.5) is 11.5 Å². The van der Waals surface area contributed by atoms with Gasteiger partial charge in [-0.2, -0.15) is 5.10 Å². The highest BCUT2D eigenvalue weighted by Gasteiger charge is 2.21. The second kappa shape index (κ2) is 5.62. The Balaban J connectivity index is 1.54. The summed E-state index contributed by atoms with van der Waals surface area (Å²) in [6.45, 7) is 3.40. The van der Waals surface area contributed by atoms with E-state index in [0.717, 1.165) is 47.9 Å². The quantitative estimate of drug-likeness (QED) is 0.702. The van der Waals surface area contributed by atoms with Gasteiger partial charge >= 0.3 is 0 Å². The van der Waals surface area contributed by atoms with Crippen molar-refractivity contribution in [1.29, 1.82) is 0 Å². The van der Waals surface area contributed by atoms with Crippen molar-refractivity contribution in [2.24, 2.45) is 7.05 Å². The number of rotatable bonds is 2. The molecule has 0 aromatic carbocycles. The molecule has 118 valence electrons. The van der Waals surface area contributed by atoms with Gasteiger partial charge in [0.25, 0.3) is 5.56 Å². The van der Waals surface area contributed by atoms with E-state index in [2.05, 4.69) is 24.9 Å². The van der Waals surface area contributed by atoms with Crippen LogP contribution in [0, 0.1) is 0 Å². The third-order valence-electron chi connectivity index (χ3n) is 4.12. The molecule has 4 heterocycles. The molecule has 3 aromatic rings. The molecule has 0 N–H and O–H groups in total. The van der Waals surface area contributed by atoms with Crippen LogP contribution in [0.5, 0.6) is 0 Å². The van der Waals surface area contributed by atoms with E-state index in [0.29, 0.717) is 0 Å². The van der Waals surface area contributed by atoms with Gasteiger partial charge in [-0.05, 0) is 11.4 Å². The minimum Gasteiger partial charge on any atom is -0.367 e. The zero-order valence-corrected chi connectivity index (χ0v) is 13.5. The van der Waals surface area contributed by atoms with Crippen molar-refractivity contribution in [3.63, 3.8) is 0 Å². The third-order valence-corrected chi connectivity index (χ3v) is 5.02. The van der Waals surface area contributed by atoms with Crippen molar-refractivity contribution in [1.82, 2.24) is 19.7 Å². The Hall–Kier alpha value is -2.48. The number of thiophene rings is 1. The summed E-state index contributed by atoms with van der Waals surface area (Å²) in [6, 6.07) is 3.66. The molecule has 1 aliphatic rings. The first-order valence-electron chi connectivity index (χ1n) is 7.44. The number of aryl methyl sites for hydroxylation is 1. The second-order valence-electron chi connectivity index (χ2n) is 5.48. The average molecular weight is 328 g/mol. The maximum Gasteiger partial charge on any atom is 0.268 e. The van der Waals surface area contributed by atoms with E-state index in [-0.39, 0.29) is 5.56 Å². The summed E-state index contributed by atoms with van der Waals surface area (Å²) in [5.41, 5.74) is 1.80. The molecule has 0 aliphatic carbocycles. The van der Waals surface area contributed by atoms with Gasteiger partial charge in [-0.15, -0.1) is 11.3 Å². The molecule has 4 rings (SSSR count). The van der Waals surface area contributed by atoms with E-state index in [9.17, 15) is 4.79 Å². The Morgan fingerprint density at radius 2 is 1.91 bits per heavy atom. The zero-order chi connectivity index (χ0) is 15.8. The minimum atomic E-state index is -0.0824. The molecular weight excluding hydrogens is 312 g/mol. The highest BCUT2D eigenvalue weighted by atomic mass is 32.1. The smallest absolute Gasteiger partial charge is 0.268 e. The maximum atomic E-state index is 11.7. The first kappa shape index (κ1) is 14.1. The topological polar surface area (TPSA) is 67.2 Å². The summed E-state index contributed by atoms with van der Waals surface area (Å²) < 4.78 is 2.48. The SMILES string of the molecule is Cn1ncc(N2CCN(c3ncnc4ccsc34)CC2)cc1=O. The molecule has 0 spiro atoms. The molecule has 1 saturated heterocycles. The van der Waals surface area contributed by atoms with Crippen LogP contribution in [0.1, 0.15) is 0 Å².